The van der Waals surface area contributed by atoms with Gasteiger partial charge in [0.15, 0.2) is 0 Å². The number of benzene rings is 1. The summed E-state index contributed by atoms with van der Waals surface area (Å²) in [7, 11) is 0. The normalized spacial score (nSPS) is 29.1. The molecule has 0 saturated carbocycles. The number of amides is 2. The molecular formula is C29H38N2O6. The van der Waals surface area contributed by atoms with E-state index in [1.807, 2.05) is 51.1 Å². The van der Waals surface area contributed by atoms with Crippen LogP contribution in [0.5, 0.6) is 0 Å². The molecule has 8 nitrogen and oxygen atoms in total. The average molecular weight is 511 g/mol. The molecule has 3 fully saturated rings. The molecule has 3 aliphatic heterocycles. The van der Waals surface area contributed by atoms with Crippen LogP contribution in [0.15, 0.2) is 55.6 Å². The minimum atomic E-state index is -1.16. The fourth-order valence-corrected chi connectivity index (χ4v) is 6.38. The lowest BCUT2D eigenvalue weighted by atomic mass is 9.70. The summed E-state index contributed by atoms with van der Waals surface area (Å²) in [5.74, 6) is -2.78. The van der Waals surface area contributed by atoms with Gasteiger partial charge in [0.25, 0.3) is 0 Å². The Morgan fingerprint density at radius 2 is 1.97 bits per heavy atom. The summed E-state index contributed by atoms with van der Waals surface area (Å²) in [6, 6.07) is 7.90. The van der Waals surface area contributed by atoms with Crippen molar-refractivity contribution in [1.82, 2.24) is 9.80 Å². The smallest absolute Gasteiger partial charge is 0.312 e. The molecule has 0 aromatic heterocycles. The molecule has 2 bridgehead atoms. The van der Waals surface area contributed by atoms with E-state index < -0.39 is 47.1 Å². The standard InChI is InChI=1S/C29H38N2O6/c1-6-15-30(28(3,4)5)26(34)24-29-14-13-21(37-29)22(27(35)36-16-7-2)23(29)25(33)31(24)20(18-32)17-19-11-9-8-10-12-19/h6-12,20-24,32H,1-2,13-18H2,3-5H3/t20-,21+,22-,23+,24?,29?/m1/s1. The van der Waals surface area contributed by atoms with Crippen molar-refractivity contribution in [2.45, 2.75) is 69.4 Å². The van der Waals surface area contributed by atoms with E-state index in [2.05, 4.69) is 13.2 Å². The van der Waals surface area contributed by atoms with Crippen molar-refractivity contribution >= 4 is 17.8 Å². The lowest BCUT2D eigenvalue weighted by Gasteiger charge is -2.43. The summed E-state index contributed by atoms with van der Waals surface area (Å²) in [5.41, 5.74) is -0.784. The molecule has 0 aliphatic carbocycles. The first-order chi connectivity index (χ1) is 17.6. The number of carbonyl (C=O) groups is 3. The Morgan fingerprint density at radius 3 is 2.57 bits per heavy atom. The summed E-state index contributed by atoms with van der Waals surface area (Å²) >= 11 is 0. The van der Waals surface area contributed by atoms with Gasteiger partial charge in [-0.2, -0.15) is 0 Å². The number of aliphatic hydroxyl groups excluding tert-OH is 1. The molecule has 200 valence electrons. The molecule has 1 spiro atoms. The number of hydrogen-bond donors (Lipinski definition) is 1. The van der Waals surface area contributed by atoms with Gasteiger partial charge in [-0.1, -0.05) is 49.1 Å². The monoisotopic (exact) mass is 510 g/mol. The Hall–Kier alpha value is -2.97. The number of rotatable bonds is 10. The number of carbonyl (C=O) groups excluding carboxylic acids is 3. The number of fused-ring (bicyclic) bond motifs is 1. The number of aliphatic hydroxyl groups is 1. The second-order valence-electron chi connectivity index (χ2n) is 11.2. The SMILES string of the molecule is C=CCOC(=O)[C@@H]1[C@@H]2CCC3(O2)C(C(=O)N(CC=C)C(C)(C)C)N([C@@H](CO)Cc2ccccc2)C(=O)[C@H]13. The van der Waals surface area contributed by atoms with E-state index in [1.54, 1.807) is 11.0 Å². The largest absolute Gasteiger partial charge is 0.461 e. The van der Waals surface area contributed by atoms with Crippen LogP contribution >= 0.6 is 0 Å². The van der Waals surface area contributed by atoms with Crippen molar-refractivity contribution in [2.75, 3.05) is 19.8 Å². The van der Waals surface area contributed by atoms with Gasteiger partial charge in [-0.25, -0.2) is 0 Å². The highest BCUT2D eigenvalue weighted by Crippen LogP contribution is 2.59. The molecule has 1 aromatic rings. The van der Waals surface area contributed by atoms with E-state index in [4.69, 9.17) is 9.47 Å². The zero-order valence-electron chi connectivity index (χ0n) is 22.0. The van der Waals surface area contributed by atoms with Crippen LogP contribution in [0.2, 0.25) is 0 Å². The van der Waals surface area contributed by atoms with E-state index in [1.165, 1.54) is 11.0 Å². The van der Waals surface area contributed by atoms with Crippen LogP contribution in [-0.4, -0.2) is 81.8 Å². The van der Waals surface area contributed by atoms with Gasteiger partial charge in [-0.3, -0.25) is 14.4 Å². The Labute approximate surface area is 218 Å². The van der Waals surface area contributed by atoms with Crippen LogP contribution in [0.4, 0.5) is 0 Å². The lowest BCUT2D eigenvalue weighted by molar-refractivity contribution is -0.157. The Balaban J connectivity index is 1.80. The zero-order valence-corrected chi connectivity index (χ0v) is 22.0. The molecule has 3 saturated heterocycles. The van der Waals surface area contributed by atoms with Crippen molar-refractivity contribution in [1.29, 1.82) is 0 Å². The highest BCUT2D eigenvalue weighted by atomic mass is 16.6. The second kappa shape index (κ2) is 10.4. The summed E-state index contributed by atoms with van der Waals surface area (Å²) < 4.78 is 11.8. The molecule has 2 unspecified atom stereocenters. The minimum Gasteiger partial charge on any atom is -0.461 e. The van der Waals surface area contributed by atoms with Gasteiger partial charge in [0.1, 0.15) is 18.2 Å². The third-order valence-electron chi connectivity index (χ3n) is 7.89. The summed E-state index contributed by atoms with van der Waals surface area (Å²) in [4.78, 5) is 44.9. The molecule has 1 N–H and O–H groups in total. The number of nitrogens with zero attached hydrogens (tertiary/aromatic N) is 2. The molecule has 37 heavy (non-hydrogen) atoms. The first-order valence-corrected chi connectivity index (χ1v) is 13.0. The third-order valence-corrected chi connectivity index (χ3v) is 7.89. The van der Waals surface area contributed by atoms with Gasteiger partial charge in [-0.05, 0) is 45.6 Å². The second-order valence-corrected chi connectivity index (χ2v) is 11.2. The van der Waals surface area contributed by atoms with E-state index in [9.17, 15) is 19.5 Å². The Kier molecular flexibility index (Phi) is 7.62. The quantitative estimate of drug-likeness (QED) is 0.384. The highest BCUT2D eigenvalue weighted by molar-refractivity contribution is 5.98. The van der Waals surface area contributed by atoms with Crippen molar-refractivity contribution < 1.29 is 29.0 Å². The summed E-state index contributed by atoms with van der Waals surface area (Å²) in [5, 5.41) is 10.5. The Morgan fingerprint density at radius 1 is 1.27 bits per heavy atom. The van der Waals surface area contributed by atoms with E-state index in [0.717, 1.165) is 5.56 Å². The molecule has 2 amide bonds. The first kappa shape index (κ1) is 27.1. The molecule has 4 rings (SSSR count). The van der Waals surface area contributed by atoms with Crippen LogP contribution < -0.4 is 0 Å². The van der Waals surface area contributed by atoms with Gasteiger partial charge in [-0.15, -0.1) is 6.58 Å². The van der Waals surface area contributed by atoms with Crippen LogP contribution in [0.1, 0.15) is 39.2 Å². The fraction of sp³-hybridized carbons (Fsp3) is 0.552. The van der Waals surface area contributed by atoms with Crippen LogP contribution in [0.25, 0.3) is 0 Å². The van der Waals surface area contributed by atoms with Gasteiger partial charge in [0.05, 0.1) is 30.6 Å². The third kappa shape index (κ3) is 4.61. The van der Waals surface area contributed by atoms with Crippen molar-refractivity contribution in [3.8, 4) is 0 Å². The summed E-state index contributed by atoms with van der Waals surface area (Å²) in [6.45, 7) is 13.2. The minimum absolute atomic E-state index is 0.0342. The molecular weight excluding hydrogens is 472 g/mol. The van der Waals surface area contributed by atoms with E-state index >= 15 is 0 Å². The molecule has 1 aromatic carbocycles. The van der Waals surface area contributed by atoms with Crippen molar-refractivity contribution in [3.63, 3.8) is 0 Å². The molecule has 3 aliphatic rings. The van der Waals surface area contributed by atoms with Crippen LogP contribution in [-0.2, 0) is 30.3 Å². The first-order valence-electron chi connectivity index (χ1n) is 13.0. The predicted molar refractivity (Wildman–Crippen MR) is 138 cm³/mol. The average Bonchev–Trinajstić information content (AvgIpc) is 3.51. The van der Waals surface area contributed by atoms with Gasteiger partial charge < -0.3 is 24.4 Å². The van der Waals surface area contributed by atoms with Crippen molar-refractivity contribution in [2.24, 2.45) is 11.8 Å². The predicted octanol–water partition coefficient (Wildman–Crippen LogP) is 2.51. The van der Waals surface area contributed by atoms with Crippen LogP contribution in [0.3, 0.4) is 0 Å². The van der Waals surface area contributed by atoms with Crippen molar-refractivity contribution in [3.05, 3.63) is 61.2 Å². The number of likely N-dealkylation sites (tertiary alicyclic amines) is 1. The molecule has 8 heteroatoms. The summed E-state index contributed by atoms with van der Waals surface area (Å²) in [6.07, 6.45) is 4.04. The van der Waals surface area contributed by atoms with Gasteiger partial charge >= 0.3 is 5.97 Å². The van der Waals surface area contributed by atoms with E-state index in [-0.39, 0.29) is 25.0 Å². The number of esters is 1. The molecule has 3 heterocycles. The maximum Gasteiger partial charge on any atom is 0.312 e. The fourth-order valence-electron chi connectivity index (χ4n) is 6.38. The highest BCUT2D eigenvalue weighted by Gasteiger charge is 2.75. The molecule has 6 atom stereocenters. The topological polar surface area (TPSA) is 96.4 Å². The van der Waals surface area contributed by atoms with E-state index in [0.29, 0.717) is 25.8 Å². The molecule has 0 radical (unpaired) electrons. The number of ether oxygens (including phenoxy) is 2. The van der Waals surface area contributed by atoms with Crippen LogP contribution in [0, 0.1) is 11.8 Å². The maximum atomic E-state index is 14.4. The zero-order chi connectivity index (χ0) is 27.0. The number of hydrogen-bond acceptors (Lipinski definition) is 6. The lowest BCUT2D eigenvalue weighted by Crippen LogP contribution is -2.61. The Bertz CT molecular complexity index is 1050. The van der Waals surface area contributed by atoms with Gasteiger partial charge in [0, 0.05) is 12.1 Å². The maximum absolute atomic E-state index is 14.4. The van der Waals surface area contributed by atoms with Gasteiger partial charge in [0.2, 0.25) is 11.8 Å².